The molecule has 4 aromatic rings. The van der Waals surface area contributed by atoms with E-state index in [0.717, 1.165) is 40.5 Å². The Hall–Kier alpha value is -4.11. The summed E-state index contributed by atoms with van der Waals surface area (Å²) in [5.41, 5.74) is 5.70. The number of hydrogen-bond acceptors (Lipinski definition) is 5. The van der Waals surface area contributed by atoms with Crippen LogP contribution >= 0.6 is 0 Å². The number of imidazole rings is 1. The fraction of sp³-hybridized carbons (Fsp3) is 0.160. The van der Waals surface area contributed by atoms with Crippen molar-refractivity contribution in [3.63, 3.8) is 0 Å². The lowest BCUT2D eigenvalue weighted by Gasteiger charge is -2.22. The standard InChI is InChI=1S/C25H19N5O/c31-29-21-8-6-19(7-9-21)14-22-16-30-17-24(20-10-12-26-13-11-20)28-23(25(30)27-22)15-18-4-2-1-3-5-18/h2,4-13,16,24H,14-15,17H2. The Morgan fingerprint density at radius 2 is 1.84 bits per heavy atom. The third kappa shape index (κ3) is 4.12. The van der Waals surface area contributed by atoms with Crippen LogP contribution in [-0.4, -0.2) is 20.2 Å². The van der Waals surface area contributed by atoms with Gasteiger partial charge in [-0.1, -0.05) is 24.3 Å². The highest BCUT2D eigenvalue weighted by molar-refractivity contribution is 5.99. The molecule has 0 fully saturated rings. The first-order chi connectivity index (χ1) is 15.3. The van der Waals surface area contributed by atoms with Crippen LogP contribution in [0.2, 0.25) is 0 Å². The Kier molecular flexibility index (Phi) is 5.07. The Bertz CT molecular complexity index is 1210. The van der Waals surface area contributed by atoms with Gasteiger partial charge >= 0.3 is 0 Å². The van der Waals surface area contributed by atoms with Crippen molar-refractivity contribution in [1.82, 2.24) is 14.5 Å². The molecular formula is C25H19N5O. The number of aliphatic imine (C=N–C) groups is 1. The normalized spacial score (nSPS) is 15.0. The van der Waals surface area contributed by atoms with Crippen LogP contribution < -0.4 is 0 Å². The molecule has 0 saturated carbocycles. The molecule has 1 aliphatic heterocycles. The molecule has 0 N–H and O–H groups in total. The number of nitroso groups, excluding NO2 is 1. The van der Waals surface area contributed by atoms with E-state index in [-0.39, 0.29) is 6.04 Å². The number of pyridine rings is 1. The van der Waals surface area contributed by atoms with Crippen molar-refractivity contribution in [1.29, 1.82) is 0 Å². The van der Waals surface area contributed by atoms with E-state index in [9.17, 15) is 4.91 Å². The van der Waals surface area contributed by atoms with E-state index in [1.165, 1.54) is 0 Å². The summed E-state index contributed by atoms with van der Waals surface area (Å²) < 4.78 is 2.20. The summed E-state index contributed by atoms with van der Waals surface area (Å²) in [7, 11) is 0. The van der Waals surface area contributed by atoms with Crippen LogP contribution in [0.4, 0.5) is 5.69 Å². The van der Waals surface area contributed by atoms with Crippen LogP contribution in [0.5, 0.6) is 0 Å². The Morgan fingerprint density at radius 1 is 1.00 bits per heavy atom. The monoisotopic (exact) mass is 405 g/mol. The molecule has 1 unspecified atom stereocenters. The molecule has 0 radical (unpaired) electrons. The summed E-state index contributed by atoms with van der Waals surface area (Å²) in [4.78, 5) is 24.8. The predicted molar refractivity (Wildman–Crippen MR) is 118 cm³/mol. The fourth-order valence-corrected chi connectivity index (χ4v) is 3.85. The number of benzene rings is 1. The van der Waals surface area contributed by atoms with Gasteiger partial charge in [0.25, 0.3) is 0 Å². The van der Waals surface area contributed by atoms with E-state index in [1.54, 1.807) is 24.5 Å². The fourth-order valence-electron chi connectivity index (χ4n) is 3.85. The van der Waals surface area contributed by atoms with Gasteiger partial charge in [-0.05, 0) is 64.3 Å². The van der Waals surface area contributed by atoms with Crippen LogP contribution in [0, 0.1) is 17.0 Å². The van der Waals surface area contributed by atoms with Gasteiger partial charge in [0.2, 0.25) is 0 Å². The first kappa shape index (κ1) is 18.9. The smallest absolute Gasteiger partial charge is 0.154 e. The number of fused-ring (bicyclic) bond motifs is 1. The maximum atomic E-state index is 10.7. The third-order valence-corrected chi connectivity index (χ3v) is 5.38. The minimum Gasteiger partial charge on any atom is -0.327 e. The molecule has 0 bridgehead atoms. The molecule has 31 heavy (non-hydrogen) atoms. The van der Waals surface area contributed by atoms with Crippen molar-refractivity contribution in [2.45, 2.75) is 25.4 Å². The van der Waals surface area contributed by atoms with Gasteiger partial charge in [-0.3, -0.25) is 9.98 Å². The van der Waals surface area contributed by atoms with E-state index in [1.807, 2.05) is 42.5 Å². The largest absolute Gasteiger partial charge is 0.327 e. The third-order valence-electron chi connectivity index (χ3n) is 5.38. The van der Waals surface area contributed by atoms with Gasteiger partial charge in [0.15, 0.2) is 5.82 Å². The molecule has 6 nitrogen and oxygen atoms in total. The minimum absolute atomic E-state index is 0.0183. The zero-order chi connectivity index (χ0) is 21.0. The molecule has 1 atom stereocenters. The Labute approximate surface area is 180 Å². The van der Waals surface area contributed by atoms with Crippen molar-refractivity contribution >= 4 is 11.4 Å². The second-order valence-corrected chi connectivity index (χ2v) is 7.53. The average Bonchev–Trinajstić information content (AvgIpc) is 3.23. The molecule has 0 amide bonds. The molecule has 0 aliphatic carbocycles. The second kappa shape index (κ2) is 8.33. The van der Waals surface area contributed by atoms with E-state index in [2.05, 4.69) is 33.1 Å². The van der Waals surface area contributed by atoms with E-state index >= 15 is 0 Å². The molecule has 1 aliphatic rings. The molecule has 2 aromatic heterocycles. The van der Waals surface area contributed by atoms with Crippen molar-refractivity contribution in [2.75, 3.05) is 0 Å². The minimum atomic E-state index is 0.0183. The second-order valence-electron chi connectivity index (χ2n) is 7.53. The van der Waals surface area contributed by atoms with E-state index in [4.69, 9.17) is 9.98 Å². The number of rotatable bonds is 6. The first-order valence-corrected chi connectivity index (χ1v) is 10.1. The molecule has 6 heteroatoms. The molecule has 0 spiro atoms. The zero-order valence-electron chi connectivity index (χ0n) is 16.8. The predicted octanol–water partition coefficient (Wildman–Crippen LogP) is 4.65. The van der Waals surface area contributed by atoms with Gasteiger partial charge in [0, 0.05) is 31.4 Å². The van der Waals surface area contributed by atoms with Crippen molar-refractivity contribution in [2.24, 2.45) is 10.2 Å². The van der Waals surface area contributed by atoms with E-state index in [0.29, 0.717) is 18.5 Å². The quantitative estimate of drug-likeness (QED) is 0.438. The molecule has 5 rings (SSSR count). The summed E-state index contributed by atoms with van der Waals surface area (Å²) in [6, 6.07) is 23.2. The van der Waals surface area contributed by atoms with Crippen LogP contribution in [0.3, 0.4) is 0 Å². The number of hydrogen-bond donors (Lipinski definition) is 0. The number of nitrogens with zero attached hydrogens (tertiary/aromatic N) is 5. The van der Waals surface area contributed by atoms with Crippen molar-refractivity contribution in [3.8, 4) is 0 Å². The maximum Gasteiger partial charge on any atom is 0.154 e. The highest BCUT2D eigenvalue weighted by atomic mass is 16.3. The SMILES string of the molecule is O=Nc1ccc(Cc2cn3c(n2)C(Cc2cc#ccc2)=NC(c2ccncc2)C3)cc1. The van der Waals surface area contributed by atoms with Crippen LogP contribution in [-0.2, 0) is 19.4 Å². The molecular weight excluding hydrogens is 386 g/mol. The summed E-state index contributed by atoms with van der Waals surface area (Å²) in [6.45, 7) is 0.735. The van der Waals surface area contributed by atoms with Crippen LogP contribution in [0.15, 0.2) is 83.4 Å². The van der Waals surface area contributed by atoms with Gasteiger partial charge in [0.1, 0.15) is 5.69 Å². The zero-order valence-corrected chi connectivity index (χ0v) is 16.8. The van der Waals surface area contributed by atoms with Crippen molar-refractivity contribution in [3.05, 3.63) is 118 Å². The van der Waals surface area contributed by atoms with Gasteiger partial charge in [-0.25, -0.2) is 4.98 Å². The lowest BCUT2D eigenvalue weighted by Crippen LogP contribution is -2.23. The number of aromatic nitrogens is 3. The lowest BCUT2D eigenvalue weighted by molar-refractivity contribution is 0.555. The van der Waals surface area contributed by atoms with Gasteiger partial charge in [-0.2, -0.15) is 0 Å². The molecule has 3 heterocycles. The van der Waals surface area contributed by atoms with E-state index < -0.39 is 0 Å². The van der Waals surface area contributed by atoms with Crippen molar-refractivity contribution < 1.29 is 0 Å². The lowest BCUT2D eigenvalue weighted by atomic mass is 10.0. The van der Waals surface area contributed by atoms with Gasteiger partial charge in [0.05, 0.1) is 24.0 Å². The highest BCUT2D eigenvalue weighted by Crippen LogP contribution is 2.27. The van der Waals surface area contributed by atoms with Crippen LogP contribution in [0.25, 0.3) is 0 Å². The topological polar surface area (TPSA) is 72.5 Å². The molecule has 2 aromatic carbocycles. The Morgan fingerprint density at radius 3 is 2.58 bits per heavy atom. The first-order valence-electron chi connectivity index (χ1n) is 10.1. The Balaban J connectivity index is 1.47. The van der Waals surface area contributed by atoms with Gasteiger partial charge in [-0.15, -0.1) is 4.91 Å². The van der Waals surface area contributed by atoms with Crippen LogP contribution in [0.1, 0.15) is 34.3 Å². The van der Waals surface area contributed by atoms with Gasteiger partial charge < -0.3 is 4.57 Å². The highest BCUT2D eigenvalue weighted by Gasteiger charge is 2.24. The molecule has 0 saturated heterocycles. The average molecular weight is 405 g/mol. The summed E-state index contributed by atoms with van der Waals surface area (Å²) >= 11 is 0. The maximum absolute atomic E-state index is 10.7. The molecule has 150 valence electrons. The summed E-state index contributed by atoms with van der Waals surface area (Å²) in [5.74, 6) is 0.902. The summed E-state index contributed by atoms with van der Waals surface area (Å²) in [6.07, 6.45) is 7.08. The summed E-state index contributed by atoms with van der Waals surface area (Å²) in [5, 5.41) is 2.96.